The molecule has 0 aliphatic heterocycles. The zero-order valence-corrected chi connectivity index (χ0v) is 18.7. The Labute approximate surface area is 178 Å². The van der Waals surface area contributed by atoms with Crippen molar-refractivity contribution < 1.29 is 35.7 Å². The minimum absolute atomic E-state index is 0.365. The van der Waals surface area contributed by atoms with Gasteiger partial charge in [-0.05, 0) is 6.42 Å². The van der Waals surface area contributed by atoms with Crippen molar-refractivity contribution in [2.75, 3.05) is 33.0 Å². The number of aliphatic hydroxyl groups excluding tert-OH is 7. The first kappa shape index (κ1) is 33.4. The Morgan fingerprint density at radius 2 is 0.655 bits per heavy atom. The second-order valence-electron chi connectivity index (χ2n) is 7.36. The van der Waals surface area contributed by atoms with Gasteiger partial charge in [0.05, 0.1) is 26.4 Å². The summed E-state index contributed by atoms with van der Waals surface area (Å²) < 4.78 is 0. The maximum absolute atomic E-state index is 8.64. The van der Waals surface area contributed by atoms with Crippen LogP contribution >= 0.6 is 0 Å². The summed E-state index contributed by atoms with van der Waals surface area (Å²) in [6, 6.07) is 0. The monoisotopic (exact) mass is 426 g/mol. The highest BCUT2D eigenvalue weighted by Gasteiger charge is 1.95. The second-order valence-corrected chi connectivity index (χ2v) is 7.36. The molecule has 0 heterocycles. The van der Waals surface area contributed by atoms with Crippen LogP contribution in [0.4, 0.5) is 0 Å². The Bertz CT molecular complexity index is 223. The summed E-state index contributed by atoms with van der Waals surface area (Å²) >= 11 is 0. The topological polar surface area (TPSA) is 142 Å². The van der Waals surface area contributed by atoms with Crippen molar-refractivity contribution >= 4 is 0 Å². The van der Waals surface area contributed by atoms with Crippen molar-refractivity contribution in [1.29, 1.82) is 0 Å². The van der Waals surface area contributed by atoms with Crippen LogP contribution in [0.1, 0.15) is 96.8 Å². The van der Waals surface area contributed by atoms with Crippen LogP contribution in [0.5, 0.6) is 0 Å². The lowest BCUT2D eigenvalue weighted by molar-refractivity contribution is 0.0450. The quantitative estimate of drug-likeness (QED) is 0.166. The van der Waals surface area contributed by atoms with Gasteiger partial charge < -0.3 is 35.7 Å². The fourth-order valence-corrected chi connectivity index (χ4v) is 2.42. The van der Waals surface area contributed by atoms with E-state index in [1.165, 1.54) is 83.5 Å². The molecule has 0 aromatic carbocycles. The van der Waals surface area contributed by atoms with Crippen LogP contribution in [-0.4, -0.2) is 81.0 Å². The number of rotatable bonds is 18. The molecule has 0 spiro atoms. The lowest BCUT2D eigenvalue weighted by Gasteiger charge is -2.02. The standard InChI is InChI=1S/C16H34O.2C3H8O3/c1-2-3-4-5-6-7-8-9-10-11-12-13-14-15-16-17;2*4-1-3(6)2-5/h17H,2-16H2,1H3;2*3-6H,1-2H2. The van der Waals surface area contributed by atoms with E-state index in [4.69, 9.17) is 35.7 Å². The first-order valence-corrected chi connectivity index (χ1v) is 11.4. The molecule has 0 aliphatic carbocycles. The summed E-state index contributed by atoms with van der Waals surface area (Å²) in [5.41, 5.74) is 0. The van der Waals surface area contributed by atoms with Crippen molar-refractivity contribution in [2.24, 2.45) is 0 Å². The van der Waals surface area contributed by atoms with Gasteiger partial charge in [-0.3, -0.25) is 0 Å². The highest BCUT2D eigenvalue weighted by molar-refractivity contribution is 4.49. The molecule has 0 amide bonds. The number of aliphatic hydroxyl groups is 7. The first-order chi connectivity index (χ1) is 14.0. The van der Waals surface area contributed by atoms with E-state index >= 15 is 0 Å². The van der Waals surface area contributed by atoms with Gasteiger partial charge in [0.2, 0.25) is 0 Å². The van der Waals surface area contributed by atoms with Crippen molar-refractivity contribution in [3.05, 3.63) is 0 Å². The summed E-state index contributed by atoms with van der Waals surface area (Å²) in [6.07, 6.45) is 17.3. The van der Waals surface area contributed by atoms with E-state index in [1.54, 1.807) is 0 Å². The third-order valence-electron chi connectivity index (χ3n) is 4.35. The van der Waals surface area contributed by atoms with Gasteiger partial charge in [0.15, 0.2) is 0 Å². The molecule has 7 heteroatoms. The van der Waals surface area contributed by atoms with Crippen LogP contribution in [0.3, 0.4) is 0 Å². The van der Waals surface area contributed by atoms with E-state index in [1.807, 2.05) is 0 Å². The van der Waals surface area contributed by atoms with E-state index in [2.05, 4.69) is 6.92 Å². The van der Waals surface area contributed by atoms with Crippen LogP contribution in [0.15, 0.2) is 0 Å². The summed E-state index contributed by atoms with van der Waals surface area (Å²) in [5, 5.41) is 56.7. The Balaban J connectivity index is -0.000000460. The zero-order chi connectivity index (χ0) is 22.6. The molecule has 0 aromatic rings. The molecule has 0 bridgehead atoms. The van der Waals surface area contributed by atoms with E-state index in [0.29, 0.717) is 6.61 Å². The highest BCUT2D eigenvalue weighted by Crippen LogP contribution is 2.12. The smallest absolute Gasteiger partial charge is 0.100 e. The molecular formula is C22H50O7. The Kier molecular flexibility index (Phi) is 37.3. The lowest BCUT2D eigenvalue weighted by atomic mass is 10.0. The minimum atomic E-state index is -0.954. The predicted molar refractivity (Wildman–Crippen MR) is 118 cm³/mol. The molecule has 0 radical (unpaired) electrons. The maximum Gasteiger partial charge on any atom is 0.100 e. The first-order valence-electron chi connectivity index (χ1n) is 11.4. The Hall–Kier alpha value is -0.280. The van der Waals surface area contributed by atoms with Crippen molar-refractivity contribution in [3.8, 4) is 0 Å². The van der Waals surface area contributed by atoms with E-state index in [-0.39, 0.29) is 26.4 Å². The molecule has 7 nitrogen and oxygen atoms in total. The van der Waals surface area contributed by atoms with Crippen molar-refractivity contribution in [1.82, 2.24) is 0 Å². The van der Waals surface area contributed by atoms with Gasteiger partial charge in [-0.2, -0.15) is 0 Å². The fraction of sp³-hybridized carbons (Fsp3) is 1.00. The number of hydrogen-bond acceptors (Lipinski definition) is 7. The molecule has 0 aromatic heterocycles. The molecule has 0 rings (SSSR count). The van der Waals surface area contributed by atoms with Gasteiger partial charge in [0.1, 0.15) is 12.2 Å². The molecule has 7 N–H and O–H groups in total. The molecule has 0 saturated heterocycles. The Morgan fingerprint density at radius 3 is 0.828 bits per heavy atom. The van der Waals surface area contributed by atoms with Gasteiger partial charge in [0, 0.05) is 6.61 Å². The third-order valence-corrected chi connectivity index (χ3v) is 4.35. The fourth-order valence-electron chi connectivity index (χ4n) is 2.42. The SMILES string of the molecule is CCCCCCCCCCCCCCCCO.OCC(O)CO.OCC(O)CO. The van der Waals surface area contributed by atoms with Crippen molar-refractivity contribution in [3.63, 3.8) is 0 Å². The van der Waals surface area contributed by atoms with Crippen LogP contribution in [0.2, 0.25) is 0 Å². The molecule has 0 atom stereocenters. The molecular weight excluding hydrogens is 376 g/mol. The van der Waals surface area contributed by atoms with E-state index < -0.39 is 12.2 Å². The number of unbranched alkanes of at least 4 members (excludes halogenated alkanes) is 13. The summed E-state index contributed by atoms with van der Waals surface area (Å²) in [4.78, 5) is 0. The predicted octanol–water partition coefficient (Wildman–Crippen LogP) is 2.12. The largest absolute Gasteiger partial charge is 0.396 e. The second kappa shape index (κ2) is 32.4. The molecule has 180 valence electrons. The molecule has 0 fully saturated rings. The van der Waals surface area contributed by atoms with Crippen LogP contribution in [0, 0.1) is 0 Å². The van der Waals surface area contributed by atoms with Crippen LogP contribution in [-0.2, 0) is 0 Å². The van der Waals surface area contributed by atoms with Crippen molar-refractivity contribution in [2.45, 2.75) is 109 Å². The molecule has 29 heavy (non-hydrogen) atoms. The zero-order valence-electron chi connectivity index (χ0n) is 18.7. The van der Waals surface area contributed by atoms with Gasteiger partial charge in [-0.1, -0.05) is 90.4 Å². The van der Waals surface area contributed by atoms with E-state index in [9.17, 15) is 0 Å². The van der Waals surface area contributed by atoms with Gasteiger partial charge in [0.25, 0.3) is 0 Å². The van der Waals surface area contributed by atoms with Gasteiger partial charge >= 0.3 is 0 Å². The molecule has 0 unspecified atom stereocenters. The van der Waals surface area contributed by atoms with Crippen LogP contribution < -0.4 is 0 Å². The third kappa shape index (κ3) is 38.9. The Morgan fingerprint density at radius 1 is 0.414 bits per heavy atom. The van der Waals surface area contributed by atoms with Gasteiger partial charge in [-0.15, -0.1) is 0 Å². The highest BCUT2D eigenvalue weighted by atomic mass is 16.3. The lowest BCUT2D eigenvalue weighted by Crippen LogP contribution is -2.15. The van der Waals surface area contributed by atoms with Crippen LogP contribution in [0.25, 0.3) is 0 Å². The van der Waals surface area contributed by atoms with Gasteiger partial charge in [-0.25, -0.2) is 0 Å². The molecule has 0 aliphatic rings. The average molecular weight is 427 g/mol. The summed E-state index contributed by atoms with van der Waals surface area (Å²) in [5.74, 6) is 0. The minimum Gasteiger partial charge on any atom is -0.396 e. The van der Waals surface area contributed by atoms with E-state index in [0.717, 1.165) is 6.42 Å². The maximum atomic E-state index is 8.64. The molecule has 0 saturated carbocycles. The summed E-state index contributed by atoms with van der Waals surface area (Å²) in [6.45, 7) is 1.19. The normalized spacial score (nSPS) is 10.6. The summed E-state index contributed by atoms with van der Waals surface area (Å²) in [7, 11) is 0. The number of hydrogen-bond donors (Lipinski definition) is 7. The average Bonchev–Trinajstić information content (AvgIpc) is 2.76.